The molecule has 19 heavy (non-hydrogen) atoms. The summed E-state index contributed by atoms with van der Waals surface area (Å²) in [7, 11) is 1.74. The molecule has 0 aromatic carbocycles. The molecular formula is C12H20N4O2S. The first-order valence-corrected chi connectivity index (χ1v) is 7.64. The summed E-state index contributed by atoms with van der Waals surface area (Å²) in [6.45, 7) is 0.704. The number of aromatic nitrogens is 1. The molecule has 0 amide bonds. The van der Waals surface area contributed by atoms with Gasteiger partial charge in [-0.1, -0.05) is 6.42 Å². The van der Waals surface area contributed by atoms with E-state index in [9.17, 15) is 10.1 Å². The van der Waals surface area contributed by atoms with Crippen LogP contribution in [-0.4, -0.2) is 35.5 Å². The van der Waals surface area contributed by atoms with Crippen LogP contribution in [0.25, 0.3) is 0 Å². The molecule has 0 unspecified atom stereocenters. The molecule has 0 bridgehead atoms. The van der Waals surface area contributed by atoms with Gasteiger partial charge in [-0.15, -0.1) is 0 Å². The molecule has 0 spiro atoms. The summed E-state index contributed by atoms with van der Waals surface area (Å²) >= 11 is 1.84. The van der Waals surface area contributed by atoms with Gasteiger partial charge in [0.05, 0.1) is 4.92 Å². The normalized spacial score (nSPS) is 10.2. The van der Waals surface area contributed by atoms with E-state index in [0.29, 0.717) is 18.2 Å². The number of thioether (sulfide) groups is 1. The topological polar surface area (TPSA) is 80.1 Å². The lowest BCUT2D eigenvalue weighted by atomic mass is 10.2. The fourth-order valence-corrected chi connectivity index (χ4v) is 2.12. The van der Waals surface area contributed by atoms with Crippen molar-refractivity contribution in [2.45, 2.75) is 19.3 Å². The molecule has 7 heteroatoms. The number of hydrogen-bond donors (Lipinski definition) is 2. The Hall–Kier alpha value is -1.50. The molecule has 0 aliphatic carbocycles. The van der Waals surface area contributed by atoms with E-state index < -0.39 is 4.92 Å². The zero-order valence-electron chi connectivity index (χ0n) is 11.3. The minimum absolute atomic E-state index is 0.0168. The maximum absolute atomic E-state index is 10.9. The highest BCUT2D eigenvalue weighted by Gasteiger charge is 2.15. The molecule has 1 aromatic rings. The van der Waals surface area contributed by atoms with Crippen LogP contribution < -0.4 is 10.6 Å². The van der Waals surface area contributed by atoms with E-state index in [2.05, 4.69) is 21.9 Å². The van der Waals surface area contributed by atoms with Crippen LogP contribution in [0.3, 0.4) is 0 Å². The van der Waals surface area contributed by atoms with Gasteiger partial charge >= 0.3 is 5.69 Å². The SMILES string of the molecule is CNc1ccc([N+](=O)[O-])c(NCCCCCSC)n1. The molecule has 0 aliphatic heterocycles. The van der Waals surface area contributed by atoms with Gasteiger partial charge in [-0.3, -0.25) is 10.1 Å². The molecule has 0 saturated heterocycles. The monoisotopic (exact) mass is 284 g/mol. The van der Waals surface area contributed by atoms with Crippen molar-refractivity contribution in [2.24, 2.45) is 0 Å². The van der Waals surface area contributed by atoms with E-state index in [1.165, 1.54) is 12.5 Å². The number of hydrogen-bond acceptors (Lipinski definition) is 6. The molecule has 0 saturated carbocycles. The van der Waals surface area contributed by atoms with E-state index in [4.69, 9.17) is 0 Å². The lowest BCUT2D eigenvalue weighted by Gasteiger charge is -2.07. The third-order valence-electron chi connectivity index (χ3n) is 2.64. The number of nitro groups is 1. The molecular weight excluding hydrogens is 264 g/mol. The van der Waals surface area contributed by atoms with E-state index in [-0.39, 0.29) is 5.69 Å². The Kier molecular flexibility index (Phi) is 7.02. The first-order valence-electron chi connectivity index (χ1n) is 6.25. The second-order valence-corrected chi connectivity index (χ2v) is 5.04. The van der Waals surface area contributed by atoms with Crippen LogP contribution in [0.15, 0.2) is 12.1 Å². The van der Waals surface area contributed by atoms with Gasteiger partial charge in [0.25, 0.3) is 0 Å². The smallest absolute Gasteiger partial charge is 0.311 e. The molecule has 0 atom stereocenters. The lowest BCUT2D eigenvalue weighted by Crippen LogP contribution is -2.07. The fourth-order valence-electron chi connectivity index (χ4n) is 1.62. The minimum Gasteiger partial charge on any atom is -0.373 e. The Morgan fingerprint density at radius 1 is 1.37 bits per heavy atom. The van der Waals surface area contributed by atoms with Crippen LogP contribution in [0.2, 0.25) is 0 Å². The van der Waals surface area contributed by atoms with Crippen molar-refractivity contribution in [3.05, 3.63) is 22.2 Å². The first kappa shape index (κ1) is 15.6. The second kappa shape index (κ2) is 8.58. The van der Waals surface area contributed by atoms with Crippen molar-refractivity contribution in [3.63, 3.8) is 0 Å². The van der Waals surface area contributed by atoms with Crippen LogP contribution in [-0.2, 0) is 0 Å². The summed E-state index contributed by atoms with van der Waals surface area (Å²) in [6.07, 6.45) is 5.38. The van der Waals surface area contributed by atoms with Crippen molar-refractivity contribution in [1.82, 2.24) is 4.98 Å². The van der Waals surface area contributed by atoms with Gasteiger partial charge in [0, 0.05) is 19.7 Å². The molecule has 2 N–H and O–H groups in total. The minimum atomic E-state index is -0.414. The highest BCUT2D eigenvalue weighted by molar-refractivity contribution is 7.98. The summed E-state index contributed by atoms with van der Waals surface area (Å²) in [5.74, 6) is 2.12. The summed E-state index contributed by atoms with van der Waals surface area (Å²) in [5, 5.41) is 16.8. The number of rotatable bonds is 9. The van der Waals surface area contributed by atoms with Crippen LogP contribution in [0, 0.1) is 10.1 Å². The number of anilines is 2. The number of unbranched alkanes of at least 4 members (excludes halogenated alkanes) is 2. The lowest BCUT2D eigenvalue weighted by molar-refractivity contribution is -0.384. The van der Waals surface area contributed by atoms with Crippen molar-refractivity contribution in [2.75, 3.05) is 36.2 Å². The molecule has 0 radical (unpaired) electrons. The fraction of sp³-hybridized carbons (Fsp3) is 0.583. The number of nitrogens with zero attached hydrogens (tertiary/aromatic N) is 2. The highest BCUT2D eigenvalue weighted by Crippen LogP contribution is 2.23. The summed E-state index contributed by atoms with van der Waals surface area (Å²) in [5.41, 5.74) is 0.0168. The average molecular weight is 284 g/mol. The highest BCUT2D eigenvalue weighted by atomic mass is 32.2. The quantitative estimate of drug-likeness (QED) is 0.412. The average Bonchev–Trinajstić information content (AvgIpc) is 2.42. The zero-order chi connectivity index (χ0) is 14.1. The Bertz CT molecular complexity index is 415. The Morgan fingerprint density at radius 2 is 2.16 bits per heavy atom. The van der Waals surface area contributed by atoms with Crippen molar-refractivity contribution in [3.8, 4) is 0 Å². The number of pyridine rings is 1. The van der Waals surface area contributed by atoms with E-state index in [1.54, 1.807) is 13.1 Å². The predicted molar refractivity (Wildman–Crippen MR) is 81.2 cm³/mol. The second-order valence-electron chi connectivity index (χ2n) is 4.05. The van der Waals surface area contributed by atoms with Gasteiger partial charge in [0.15, 0.2) is 0 Å². The molecule has 0 fully saturated rings. The first-order chi connectivity index (χ1) is 9.19. The van der Waals surface area contributed by atoms with E-state index in [0.717, 1.165) is 18.6 Å². The maximum atomic E-state index is 10.9. The van der Waals surface area contributed by atoms with Gasteiger partial charge in [0.1, 0.15) is 5.82 Å². The maximum Gasteiger partial charge on any atom is 0.311 e. The van der Waals surface area contributed by atoms with Crippen LogP contribution >= 0.6 is 11.8 Å². The largest absolute Gasteiger partial charge is 0.373 e. The standard InChI is InChI=1S/C12H20N4O2S/c1-13-11-7-6-10(16(17)18)12(15-11)14-8-4-3-5-9-19-2/h6-7H,3-5,8-9H2,1-2H3,(H2,13,14,15). The third-order valence-corrected chi connectivity index (χ3v) is 3.34. The van der Waals surface area contributed by atoms with Gasteiger partial charge in [-0.25, -0.2) is 4.98 Å². The molecule has 106 valence electrons. The van der Waals surface area contributed by atoms with Gasteiger partial charge < -0.3 is 10.6 Å². The Morgan fingerprint density at radius 3 is 2.79 bits per heavy atom. The van der Waals surface area contributed by atoms with Crippen LogP contribution in [0.5, 0.6) is 0 Å². The molecule has 6 nitrogen and oxygen atoms in total. The van der Waals surface area contributed by atoms with E-state index in [1.807, 2.05) is 11.8 Å². The Balaban J connectivity index is 2.52. The number of nitrogens with one attached hydrogen (secondary N) is 2. The van der Waals surface area contributed by atoms with Crippen molar-refractivity contribution in [1.29, 1.82) is 0 Å². The van der Waals surface area contributed by atoms with Crippen LogP contribution in [0.1, 0.15) is 19.3 Å². The molecule has 1 aromatic heterocycles. The van der Waals surface area contributed by atoms with E-state index >= 15 is 0 Å². The summed E-state index contributed by atoms with van der Waals surface area (Å²) < 4.78 is 0. The third kappa shape index (κ3) is 5.34. The van der Waals surface area contributed by atoms with Gasteiger partial charge in [0.2, 0.25) is 5.82 Å². The van der Waals surface area contributed by atoms with Gasteiger partial charge in [-0.05, 0) is 30.9 Å². The summed E-state index contributed by atoms with van der Waals surface area (Å²) in [6, 6.07) is 3.07. The van der Waals surface area contributed by atoms with Crippen LogP contribution in [0.4, 0.5) is 17.3 Å². The molecule has 1 rings (SSSR count). The van der Waals surface area contributed by atoms with Gasteiger partial charge in [-0.2, -0.15) is 11.8 Å². The van der Waals surface area contributed by atoms with Crippen molar-refractivity contribution >= 4 is 29.1 Å². The summed E-state index contributed by atoms with van der Waals surface area (Å²) in [4.78, 5) is 14.7. The zero-order valence-corrected chi connectivity index (χ0v) is 12.1. The molecule has 1 heterocycles. The Labute approximate surface area is 117 Å². The van der Waals surface area contributed by atoms with Crippen molar-refractivity contribution < 1.29 is 4.92 Å². The molecule has 0 aliphatic rings. The predicted octanol–water partition coefficient (Wildman–Crippen LogP) is 2.98.